The average Bonchev–Trinajstić information content (AvgIpc) is 3.25. The van der Waals surface area contributed by atoms with E-state index in [2.05, 4.69) is 19.1 Å². The first-order valence-corrected chi connectivity index (χ1v) is 11.2. The molecule has 2 aromatic carbocycles. The smallest absolute Gasteiger partial charge is 0.338 e. The second-order valence-electron chi connectivity index (χ2n) is 9.64. The van der Waals surface area contributed by atoms with Crippen LogP contribution in [0, 0.1) is 11.3 Å². The quantitative estimate of drug-likeness (QED) is 0.515. The van der Waals surface area contributed by atoms with Crippen LogP contribution in [0.25, 0.3) is 11.0 Å². The molecule has 5 rings (SSSR count). The van der Waals surface area contributed by atoms with E-state index in [1.807, 2.05) is 31.2 Å². The number of carbonyl (C=O) groups is 2. The van der Waals surface area contributed by atoms with E-state index < -0.39 is 11.5 Å². The molecule has 1 heterocycles. The molecule has 2 aliphatic carbocycles. The average molecular weight is 433 g/mol. The lowest BCUT2D eigenvalue weighted by Crippen LogP contribution is -2.59. The monoisotopic (exact) mass is 432 g/mol. The van der Waals surface area contributed by atoms with Crippen LogP contribution in [0.3, 0.4) is 0 Å². The summed E-state index contributed by atoms with van der Waals surface area (Å²) in [6.07, 6.45) is 4.33. The van der Waals surface area contributed by atoms with Gasteiger partial charge in [-0.05, 0) is 61.2 Å². The van der Waals surface area contributed by atoms with Gasteiger partial charge in [0.1, 0.15) is 11.7 Å². The number of esters is 2. The summed E-state index contributed by atoms with van der Waals surface area (Å²) in [5, 5.41) is 1.03. The van der Waals surface area contributed by atoms with Gasteiger partial charge in [-0.3, -0.25) is 4.79 Å². The first kappa shape index (κ1) is 20.8. The Morgan fingerprint density at radius 3 is 2.59 bits per heavy atom. The van der Waals surface area contributed by atoms with Gasteiger partial charge in [-0.2, -0.15) is 0 Å². The number of hydrogen-bond donors (Lipinski definition) is 0. The summed E-state index contributed by atoms with van der Waals surface area (Å²) >= 11 is 0. The standard InChI is InChI=1S/C27H28O5/c1-26-11-7-12-27(2,25(29)30-3)23(26)22(32-24(28)17-8-5-4-6-9-17)15-19-14-18-10-13-31-21(18)16-20(19)26/h4-6,8-10,13-14,16,22-23H,7,11-12,15H2,1-3H3/t22-,23-,26-,27-/m1/s1. The van der Waals surface area contributed by atoms with Crippen LogP contribution in [-0.4, -0.2) is 25.2 Å². The summed E-state index contributed by atoms with van der Waals surface area (Å²) in [7, 11) is 1.44. The number of methoxy groups -OCH3 is 1. The van der Waals surface area contributed by atoms with E-state index in [4.69, 9.17) is 13.9 Å². The van der Waals surface area contributed by atoms with Crippen LogP contribution >= 0.6 is 0 Å². The summed E-state index contributed by atoms with van der Waals surface area (Å²) < 4.78 is 17.2. The SMILES string of the molecule is COC(=O)[C@]1(C)CCC[C@]2(C)c3cc4occc4cc3C[C@@H](OC(=O)c3ccccc3)[C@@H]12. The van der Waals surface area contributed by atoms with Gasteiger partial charge in [0, 0.05) is 23.1 Å². The predicted octanol–water partition coefficient (Wildman–Crippen LogP) is 5.45. The minimum absolute atomic E-state index is 0.205. The molecule has 0 unspecified atom stereocenters. The van der Waals surface area contributed by atoms with Gasteiger partial charge in [0.05, 0.1) is 24.4 Å². The second kappa shape index (κ2) is 7.51. The number of fused-ring (bicyclic) bond motifs is 4. The molecule has 2 aliphatic rings. The number of hydrogen-bond acceptors (Lipinski definition) is 5. The Labute approximate surface area is 187 Å². The molecule has 0 bridgehead atoms. The molecule has 0 radical (unpaired) electrons. The second-order valence-corrected chi connectivity index (χ2v) is 9.64. The normalized spacial score (nSPS) is 29.1. The van der Waals surface area contributed by atoms with Gasteiger partial charge in [-0.1, -0.05) is 31.5 Å². The number of rotatable bonds is 3. The number of benzene rings is 2. The van der Waals surface area contributed by atoms with E-state index in [1.165, 1.54) is 12.7 Å². The first-order chi connectivity index (χ1) is 15.4. The molecule has 0 aliphatic heterocycles. The Morgan fingerprint density at radius 2 is 1.84 bits per heavy atom. The van der Waals surface area contributed by atoms with Crippen LogP contribution in [0.5, 0.6) is 0 Å². The van der Waals surface area contributed by atoms with Crippen LogP contribution in [0.4, 0.5) is 0 Å². The Hall–Kier alpha value is -3.08. The van der Waals surface area contributed by atoms with Gasteiger partial charge in [-0.25, -0.2) is 4.79 Å². The molecule has 1 aromatic heterocycles. The van der Waals surface area contributed by atoms with E-state index in [9.17, 15) is 9.59 Å². The maximum atomic E-state index is 13.1. The van der Waals surface area contributed by atoms with Crippen molar-refractivity contribution in [3.05, 3.63) is 71.5 Å². The predicted molar refractivity (Wildman–Crippen MR) is 120 cm³/mol. The summed E-state index contributed by atoms with van der Waals surface area (Å²) in [4.78, 5) is 26.2. The zero-order chi connectivity index (χ0) is 22.5. The van der Waals surface area contributed by atoms with Gasteiger partial charge < -0.3 is 13.9 Å². The lowest BCUT2D eigenvalue weighted by molar-refractivity contribution is -0.168. The molecule has 1 saturated carbocycles. The Kier molecular flexibility index (Phi) is 4.88. The third kappa shape index (κ3) is 3.06. The Bertz CT molecular complexity index is 1180. The molecule has 0 saturated heterocycles. The van der Waals surface area contributed by atoms with E-state index in [-0.39, 0.29) is 23.3 Å². The largest absolute Gasteiger partial charge is 0.469 e. The molecule has 5 heteroatoms. The summed E-state index contributed by atoms with van der Waals surface area (Å²) in [6.45, 7) is 4.18. The summed E-state index contributed by atoms with van der Waals surface area (Å²) in [5.74, 6) is -0.802. The van der Waals surface area contributed by atoms with E-state index in [0.717, 1.165) is 29.4 Å². The van der Waals surface area contributed by atoms with Crippen molar-refractivity contribution in [2.75, 3.05) is 7.11 Å². The third-order valence-corrected chi connectivity index (χ3v) is 7.77. The van der Waals surface area contributed by atoms with E-state index >= 15 is 0 Å². The highest BCUT2D eigenvalue weighted by molar-refractivity contribution is 5.89. The van der Waals surface area contributed by atoms with Crippen LogP contribution < -0.4 is 0 Å². The maximum absolute atomic E-state index is 13.1. The zero-order valence-corrected chi connectivity index (χ0v) is 18.7. The van der Waals surface area contributed by atoms with Gasteiger partial charge in [-0.15, -0.1) is 0 Å². The molecule has 32 heavy (non-hydrogen) atoms. The number of furan rings is 1. The van der Waals surface area contributed by atoms with Crippen molar-refractivity contribution in [3.63, 3.8) is 0 Å². The molecule has 0 spiro atoms. The first-order valence-electron chi connectivity index (χ1n) is 11.2. The van der Waals surface area contributed by atoms with Crippen LogP contribution in [0.1, 0.15) is 54.6 Å². The van der Waals surface area contributed by atoms with Crippen molar-refractivity contribution >= 4 is 22.9 Å². The molecular formula is C27H28O5. The Balaban J connectivity index is 1.64. The van der Waals surface area contributed by atoms with Gasteiger partial charge in [0.2, 0.25) is 0 Å². The van der Waals surface area contributed by atoms with Crippen LogP contribution in [0.15, 0.2) is 59.2 Å². The maximum Gasteiger partial charge on any atom is 0.338 e. The minimum Gasteiger partial charge on any atom is -0.469 e. The molecular weight excluding hydrogens is 404 g/mol. The number of ether oxygens (including phenoxy) is 2. The van der Waals surface area contributed by atoms with Crippen molar-refractivity contribution in [1.82, 2.24) is 0 Å². The van der Waals surface area contributed by atoms with Crippen LogP contribution in [0.2, 0.25) is 0 Å². The Morgan fingerprint density at radius 1 is 1.06 bits per heavy atom. The van der Waals surface area contributed by atoms with Crippen molar-refractivity contribution in [2.24, 2.45) is 11.3 Å². The fourth-order valence-corrected chi connectivity index (χ4v) is 6.40. The fourth-order valence-electron chi connectivity index (χ4n) is 6.40. The highest BCUT2D eigenvalue weighted by Gasteiger charge is 2.60. The molecule has 5 nitrogen and oxygen atoms in total. The van der Waals surface area contributed by atoms with E-state index in [1.54, 1.807) is 18.4 Å². The van der Waals surface area contributed by atoms with Crippen molar-refractivity contribution in [2.45, 2.75) is 51.0 Å². The molecule has 1 fully saturated rings. The van der Waals surface area contributed by atoms with Crippen molar-refractivity contribution in [3.8, 4) is 0 Å². The highest BCUT2D eigenvalue weighted by Crippen LogP contribution is 2.58. The molecule has 0 amide bonds. The topological polar surface area (TPSA) is 65.7 Å². The highest BCUT2D eigenvalue weighted by atomic mass is 16.5. The summed E-state index contributed by atoms with van der Waals surface area (Å²) in [5.41, 5.74) is 2.59. The van der Waals surface area contributed by atoms with Crippen LogP contribution in [-0.2, 0) is 26.1 Å². The third-order valence-electron chi connectivity index (χ3n) is 7.77. The lowest BCUT2D eigenvalue weighted by Gasteiger charge is -2.56. The summed E-state index contributed by atoms with van der Waals surface area (Å²) in [6, 6.07) is 15.3. The molecule has 3 aromatic rings. The van der Waals surface area contributed by atoms with Gasteiger partial charge in [0.15, 0.2) is 0 Å². The minimum atomic E-state index is -0.751. The fraction of sp³-hybridized carbons (Fsp3) is 0.407. The van der Waals surface area contributed by atoms with E-state index in [0.29, 0.717) is 18.4 Å². The molecule has 0 N–H and O–H groups in total. The molecule has 166 valence electrons. The van der Waals surface area contributed by atoms with Gasteiger partial charge in [0.25, 0.3) is 0 Å². The molecule has 4 atom stereocenters. The van der Waals surface area contributed by atoms with Gasteiger partial charge >= 0.3 is 11.9 Å². The lowest BCUT2D eigenvalue weighted by atomic mass is 9.49. The van der Waals surface area contributed by atoms with Crippen molar-refractivity contribution < 1.29 is 23.5 Å². The van der Waals surface area contributed by atoms with Crippen molar-refractivity contribution in [1.29, 1.82) is 0 Å². The zero-order valence-electron chi connectivity index (χ0n) is 18.7. The number of carbonyl (C=O) groups excluding carboxylic acids is 2.